The summed E-state index contributed by atoms with van der Waals surface area (Å²) in [5, 5.41) is 9.46. The molecule has 1 atom stereocenters. The Labute approximate surface area is 198 Å². The molecule has 0 amide bonds. The normalized spacial score (nSPS) is 17.0. The average molecular weight is 475 g/mol. The third-order valence-electron chi connectivity index (χ3n) is 6.07. The smallest absolute Gasteiger partial charge is 0.318 e. The van der Waals surface area contributed by atoms with E-state index in [1.54, 1.807) is 42.5 Å². The van der Waals surface area contributed by atoms with E-state index < -0.39 is 21.4 Å². The zero-order chi connectivity index (χ0) is 24.5. The summed E-state index contributed by atoms with van der Waals surface area (Å²) in [7, 11) is -2.87. The van der Waals surface area contributed by atoms with Gasteiger partial charge in [0.2, 0.25) is 0 Å². The highest BCUT2D eigenvalue weighted by Gasteiger charge is 2.54. The highest BCUT2D eigenvalue weighted by molar-refractivity contribution is 7.92. The number of aryl methyl sites for hydroxylation is 1. The Bertz CT molecular complexity index is 1410. The number of benzene rings is 3. The molecule has 3 aromatic carbocycles. The van der Waals surface area contributed by atoms with Crippen molar-refractivity contribution in [3.8, 4) is 6.07 Å². The van der Waals surface area contributed by atoms with E-state index in [-0.39, 0.29) is 40.5 Å². The molecule has 1 aliphatic heterocycles. The number of esters is 1. The molecule has 1 unspecified atom stereocenters. The molecule has 0 saturated carbocycles. The van der Waals surface area contributed by atoms with E-state index in [1.807, 2.05) is 13.0 Å². The fourth-order valence-electron chi connectivity index (χ4n) is 4.27. The Morgan fingerprint density at radius 1 is 1.06 bits per heavy atom. The number of carbonyl (C=O) groups is 2. The van der Waals surface area contributed by atoms with Crippen molar-refractivity contribution in [2.24, 2.45) is 0 Å². The number of methoxy groups -OCH3 is 1. The highest BCUT2D eigenvalue weighted by Crippen LogP contribution is 2.47. The molecule has 4 rings (SSSR count). The van der Waals surface area contributed by atoms with Gasteiger partial charge in [0.15, 0.2) is 5.78 Å². The fraction of sp³-hybridized carbons (Fsp3) is 0.192. The van der Waals surface area contributed by atoms with Crippen LogP contribution in [0.4, 0.5) is 5.69 Å². The van der Waals surface area contributed by atoms with Crippen molar-refractivity contribution in [2.45, 2.75) is 23.7 Å². The zero-order valence-corrected chi connectivity index (χ0v) is 19.5. The monoisotopic (exact) mass is 474 g/mol. The van der Waals surface area contributed by atoms with E-state index in [9.17, 15) is 23.3 Å². The predicted molar refractivity (Wildman–Crippen MR) is 126 cm³/mol. The number of nitrogens with zero attached hydrogens (tertiary/aromatic N) is 2. The lowest BCUT2D eigenvalue weighted by Gasteiger charge is -2.27. The molecule has 34 heavy (non-hydrogen) atoms. The topological polar surface area (TPSA) is 105 Å². The van der Waals surface area contributed by atoms with Crippen LogP contribution in [0.15, 0.2) is 77.7 Å². The third-order valence-corrected chi connectivity index (χ3v) is 7.84. The summed E-state index contributed by atoms with van der Waals surface area (Å²) in [6.45, 7) is 1.53. The van der Waals surface area contributed by atoms with Crippen molar-refractivity contribution in [1.29, 1.82) is 5.26 Å². The molecule has 1 aliphatic rings. The van der Waals surface area contributed by atoms with Crippen LogP contribution < -0.4 is 4.31 Å². The maximum atomic E-state index is 13.6. The van der Waals surface area contributed by atoms with Gasteiger partial charge in [-0.15, -0.1) is 0 Å². The van der Waals surface area contributed by atoms with Gasteiger partial charge in [-0.2, -0.15) is 5.26 Å². The second-order valence-electron chi connectivity index (χ2n) is 8.21. The number of ketones is 1. The number of hydrogen-bond donors (Lipinski definition) is 0. The van der Waals surface area contributed by atoms with Gasteiger partial charge in [-0.25, -0.2) is 8.42 Å². The second kappa shape index (κ2) is 8.76. The van der Waals surface area contributed by atoms with E-state index in [1.165, 1.54) is 37.4 Å². The molecule has 0 radical (unpaired) electrons. The van der Waals surface area contributed by atoms with Crippen molar-refractivity contribution < 1.29 is 22.7 Å². The number of Topliss-reactive ketones (excluding diaryl/α,β-unsaturated/α-hetero) is 1. The van der Waals surface area contributed by atoms with Crippen LogP contribution in [0.1, 0.15) is 33.5 Å². The third kappa shape index (κ3) is 3.84. The lowest BCUT2D eigenvalue weighted by atomic mass is 9.76. The number of sulfonamides is 1. The van der Waals surface area contributed by atoms with Gasteiger partial charge in [0.25, 0.3) is 10.0 Å². The number of fused-ring (bicyclic) bond motifs is 1. The first-order chi connectivity index (χ1) is 16.2. The van der Waals surface area contributed by atoms with Crippen LogP contribution in [0, 0.1) is 18.3 Å². The molecule has 3 aromatic rings. The van der Waals surface area contributed by atoms with Crippen molar-refractivity contribution in [1.82, 2.24) is 0 Å². The molecule has 1 heterocycles. The molecule has 0 saturated heterocycles. The van der Waals surface area contributed by atoms with Gasteiger partial charge in [-0.1, -0.05) is 48.0 Å². The Morgan fingerprint density at radius 2 is 1.74 bits per heavy atom. The van der Waals surface area contributed by atoms with Gasteiger partial charge >= 0.3 is 5.97 Å². The van der Waals surface area contributed by atoms with Gasteiger partial charge in [-0.05, 0) is 42.8 Å². The van der Waals surface area contributed by atoms with Crippen LogP contribution >= 0.6 is 0 Å². The Kier molecular flexibility index (Phi) is 5.98. The first kappa shape index (κ1) is 23.2. The van der Waals surface area contributed by atoms with E-state index in [4.69, 9.17) is 4.74 Å². The van der Waals surface area contributed by atoms with Crippen LogP contribution in [0.2, 0.25) is 0 Å². The lowest BCUT2D eigenvalue weighted by Crippen LogP contribution is -2.44. The molecule has 8 heteroatoms. The van der Waals surface area contributed by atoms with E-state index in [0.717, 1.165) is 9.87 Å². The summed E-state index contributed by atoms with van der Waals surface area (Å²) < 4.78 is 33.5. The van der Waals surface area contributed by atoms with Gasteiger partial charge in [0, 0.05) is 12.0 Å². The molecule has 0 bridgehead atoms. The SMILES string of the molecule is COC(=O)C1(CC(=O)c2ccccc2)CN(S(=O)(=O)c2ccc(C)cc2)c2ccc(C#N)cc21. The zero-order valence-electron chi connectivity index (χ0n) is 18.7. The minimum Gasteiger partial charge on any atom is -0.468 e. The van der Waals surface area contributed by atoms with Crippen molar-refractivity contribution in [3.05, 3.63) is 95.1 Å². The van der Waals surface area contributed by atoms with E-state index in [2.05, 4.69) is 0 Å². The summed E-state index contributed by atoms with van der Waals surface area (Å²) >= 11 is 0. The largest absolute Gasteiger partial charge is 0.468 e. The van der Waals surface area contributed by atoms with Gasteiger partial charge in [-0.3, -0.25) is 13.9 Å². The number of rotatable bonds is 6. The summed E-state index contributed by atoms with van der Waals surface area (Å²) in [6, 6.07) is 21.3. The van der Waals surface area contributed by atoms with Crippen molar-refractivity contribution in [3.63, 3.8) is 0 Å². The number of carbonyl (C=O) groups excluding carboxylic acids is 2. The molecule has 0 fully saturated rings. The average Bonchev–Trinajstić information content (AvgIpc) is 3.19. The molecule has 0 spiro atoms. The molecular formula is C26H22N2O5S. The summed E-state index contributed by atoms with van der Waals surface area (Å²) in [4.78, 5) is 26.5. The second-order valence-corrected chi connectivity index (χ2v) is 10.1. The maximum Gasteiger partial charge on any atom is 0.318 e. The summed E-state index contributed by atoms with van der Waals surface area (Å²) in [5.74, 6) is -1.08. The first-order valence-corrected chi connectivity index (χ1v) is 12.0. The molecule has 0 N–H and O–H groups in total. The molecular weight excluding hydrogens is 452 g/mol. The van der Waals surface area contributed by atoms with E-state index in [0.29, 0.717) is 5.56 Å². The summed E-state index contributed by atoms with van der Waals surface area (Å²) in [5.41, 5.74) is 0.445. The van der Waals surface area contributed by atoms with Gasteiger partial charge < -0.3 is 4.74 Å². The Morgan fingerprint density at radius 3 is 2.35 bits per heavy atom. The minimum atomic E-state index is -4.07. The quantitative estimate of drug-likeness (QED) is 0.398. The minimum absolute atomic E-state index is 0.0588. The standard InChI is InChI=1S/C26H22N2O5S/c1-18-8-11-21(12-9-18)34(31,32)28-17-26(25(30)33-2,15-24(29)20-6-4-3-5-7-20)22-14-19(16-27)10-13-23(22)28/h3-14H,15,17H2,1-2H3. The number of ether oxygens (including phenoxy) is 1. The maximum absolute atomic E-state index is 13.6. The van der Waals surface area contributed by atoms with Gasteiger partial charge in [0.1, 0.15) is 5.41 Å². The molecule has 0 aromatic heterocycles. The van der Waals surface area contributed by atoms with Crippen LogP contribution in [0.25, 0.3) is 0 Å². The van der Waals surface area contributed by atoms with Gasteiger partial charge in [0.05, 0.1) is 35.9 Å². The van der Waals surface area contributed by atoms with E-state index >= 15 is 0 Å². The molecule has 0 aliphatic carbocycles. The Hall–Kier alpha value is -3.96. The van der Waals surface area contributed by atoms with Crippen LogP contribution in [-0.4, -0.2) is 33.8 Å². The van der Waals surface area contributed by atoms with Crippen molar-refractivity contribution in [2.75, 3.05) is 18.0 Å². The highest BCUT2D eigenvalue weighted by atomic mass is 32.2. The lowest BCUT2D eigenvalue weighted by molar-refractivity contribution is -0.146. The van der Waals surface area contributed by atoms with Crippen LogP contribution in [0.3, 0.4) is 0 Å². The first-order valence-electron chi connectivity index (χ1n) is 10.5. The Balaban J connectivity index is 1.89. The predicted octanol–water partition coefficient (Wildman–Crippen LogP) is 3.76. The van der Waals surface area contributed by atoms with Crippen LogP contribution in [-0.2, 0) is 25.0 Å². The number of hydrogen-bond acceptors (Lipinski definition) is 6. The summed E-state index contributed by atoms with van der Waals surface area (Å²) in [6.07, 6.45) is -0.314. The number of nitriles is 1. The number of anilines is 1. The molecule has 172 valence electrons. The van der Waals surface area contributed by atoms with Crippen LogP contribution in [0.5, 0.6) is 0 Å². The van der Waals surface area contributed by atoms with Crippen molar-refractivity contribution >= 4 is 27.5 Å². The fourth-order valence-corrected chi connectivity index (χ4v) is 5.81. The molecule has 7 nitrogen and oxygen atoms in total.